The minimum Gasteiger partial charge on any atom is -0.336 e. The van der Waals surface area contributed by atoms with Crippen molar-refractivity contribution in [1.82, 2.24) is 10.2 Å². The van der Waals surface area contributed by atoms with Crippen LogP contribution in [-0.4, -0.2) is 37.0 Å². The Morgan fingerprint density at radius 3 is 2.75 bits per heavy atom. The largest absolute Gasteiger partial charge is 0.336 e. The maximum atomic E-state index is 12.2. The zero-order valence-electron chi connectivity index (χ0n) is 8.67. The first-order valence-corrected chi connectivity index (χ1v) is 6.31. The molecule has 0 unspecified atom stereocenters. The second-order valence-corrected chi connectivity index (χ2v) is 4.88. The van der Waals surface area contributed by atoms with E-state index in [4.69, 9.17) is 11.6 Å². The van der Waals surface area contributed by atoms with Crippen LogP contribution in [0.5, 0.6) is 0 Å². The fourth-order valence-electron chi connectivity index (χ4n) is 1.71. The third kappa shape index (κ3) is 2.39. The summed E-state index contributed by atoms with van der Waals surface area (Å²) in [6.45, 7) is 3.16. The van der Waals surface area contributed by atoms with Gasteiger partial charge in [-0.15, -0.1) is 0 Å². The molecule has 5 heteroatoms. The molecule has 1 aliphatic rings. The Morgan fingerprint density at radius 2 is 2.06 bits per heavy atom. The Kier molecular flexibility index (Phi) is 3.84. The van der Waals surface area contributed by atoms with Gasteiger partial charge >= 0.3 is 0 Å². The van der Waals surface area contributed by atoms with Crippen LogP contribution < -0.4 is 5.32 Å². The van der Waals surface area contributed by atoms with E-state index in [-0.39, 0.29) is 5.91 Å². The van der Waals surface area contributed by atoms with Crippen LogP contribution in [0, 0.1) is 0 Å². The summed E-state index contributed by atoms with van der Waals surface area (Å²) in [4.78, 5) is 14.0. The Labute approximate surface area is 108 Å². The molecule has 1 aromatic carbocycles. The second-order valence-electron chi connectivity index (χ2n) is 3.64. The van der Waals surface area contributed by atoms with Crippen molar-refractivity contribution in [2.24, 2.45) is 0 Å². The molecule has 1 saturated heterocycles. The van der Waals surface area contributed by atoms with E-state index in [2.05, 4.69) is 21.2 Å². The minimum atomic E-state index is 0.00722. The number of hydrogen-bond donors (Lipinski definition) is 1. The maximum Gasteiger partial charge on any atom is 0.255 e. The Morgan fingerprint density at radius 1 is 1.38 bits per heavy atom. The number of amides is 1. The molecule has 1 aliphatic heterocycles. The molecule has 2 rings (SSSR count). The van der Waals surface area contributed by atoms with E-state index >= 15 is 0 Å². The average Bonchev–Trinajstić information content (AvgIpc) is 2.33. The standard InChI is InChI=1S/C11H12BrClN2O/c12-9-3-1-2-8(10(9)13)11(16)15-6-4-14-5-7-15/h1-3,14H,4-7H2. The molecule has 1 aromatic rings. The molecule has 16 heavy (non-hydrogen) atoms. The van der Waals surface area contributed by atoms with Crippen molar-refractivity contribution >= 4 is 33.4 Å². The van der Waals surface area contributed by atoms with Crippen molar-refractivity contribution in [2.45, 2.75) is 0 Å². The van der Waals surface area contributed by atoms with Crippen LogP contribution in [0.25, 0.3) is 0 Å². The van der Waals surface area contributed by atoms with Crippen LogP contribution in [-0.2, 0) is 0 Å². The molecule has 0 saturated carbocycles. The summed E-state index contributed by atoms with van der Waals surface area (Å²) < 4.78 is 0.759. The highest BCUT2D eigenvalue weighted by molar-refractivity contribution is 9.10. The number of carbonyl (C=O) groups is 1. The van der Waals surface area contributed by atoms with Gasteiger partial charge in [0.1, 0.15) is 0 Å². The van der Waals surface area contributed by atoms with Gasteiger partial charge in [-0.25, -0.2) is 0 Å². The van der Waals surface area contributed by atoms with Crippen molar-refractivity contribution in [2.75, 3.05) is 26.2 Å². The molecule has 1 amide bonds. The number of benzene rings is 1. The fourth-order valence-corrected chi connectivity index (χ4v) is 2.28. The zero-order chi connectivity index (χ0) is 11.5. The third-order valence-corrected chi connectivity index (χ3v) is 3.88. The van der Waals surface area contributed by atoms with E-state index in [1.807, 2.05) is 17.0 Å². The lowest BCUT2D eigenvalue weighted by Gasteiger charge is -2.27. The van der Waals surface area contributed by atoms with E-state index in [0.29, 0.717) is 10.6 Å². The van der Waals surface area contributed by atoms with Gasteiger partial charge in [0.2, 0.25) is 0 Å². The molecule has 1 heterocycles. The van der Waals surface area contributed by atoms with Crippen LogP contribution >= 0.6 is 27.5 Å². The minimum absolute atomic E-state index is 0.00722. The predicted octanol–water partition coefficient (Wildman–Crippen LogP) is 2.15. The molecule has 86 valence electrons. The highest BCUT2D eigenvalue weighted by Gasteiger charge is 2.20. The highest BCUT2D eigenvalue weighted by Crippen LogP contribution is 2.26. The Bertz CT molecular complexity index is 405. The molecule has 0 spiro atoms. The van der Waals surface area contributed by atoms with E-state index in [9.17, 15) is 4.79 Å². The van der Waals surface area contributed by atoms with Crippen molar-refractivity contribution < 1.29 is 4.79 Å². The number of hydrogen-bond acceptors (Lipinski definition) is 2. The van der Waals surface area contributed by atoms with E-state index in [1.165, 1.54) is 0 Å². The fraction of sp³-hybridized carbons (Fsp3) is 0.364. The van der Waals surface area contributed by atoms with Crippen LogP contribution in [0.15, 0.2) is 22.7 Å². The molecule has 3 nitrogen and oxygen atoms in total. The number of piperazine rings is 1. The molecule has 0 atom stereocenters. The summed E-state index contributed by atoms with van der Waals surface area (Å²) in [5, 5.41) is 3.70. The molecular formula is C11H12BrClN2O. The molecule has 0 radical (unpaired) electrons. The van der Waals surface area contributed by atoms with Gasteiger partial charge in [0.15, 0.2) is 0 Å². The smallest absolute Gasteiger partial charge is 0.255 e. The first-order valence-electron chi connectivity index (χ1n) is 5.14. The van der Waals surface area contributed by atoms with Gasteiger partial charge in [0.05, 0.1) is 10.6 Å². The number of carbonyl (C=O) groups excluding carboxylic acids is 1. The second kappa shape index (κ2) is 5.17. The zero-order valence-corrected chi connectivity index (χ0v) is 11.0. The summed E-state index contributed by atoms with van der Waals surface area (Å²) in [7, 11) is 0. The van der Waals surface area contributed by atoms with Crippen LogP contribution in [0.4, 0.5) is 0 Å². The molecule has 1 fully saturated rings. The van der Waals surface area contributed by atoms with Crippen LogP contribution in [0.3, 0.4) is 0 Å². The van der Waals surface area contributed by atoms with Gasteiger partial charge in [-0.2, -0.15) is 0 Å². The third-order valence-electron chi connectivity index (χ3n) is 2.59. The molecule has 0 aromatic heterocycles. The Hall–Kier alpha value is -0.580. The highest BCUT2D eigenvalue weighted by atomic mass is 79.9. The SMILES string of the molecule is O=C(c1cccc(Br)c1Cl)N1CCNCC1. The van der Waals surface area contributed by atoms with Gasteiger partial charge in [-0.1, -0.05) is 17.7 Å². The topological polar surface area (TPSA) is 32.3 Å². The average molecular weight is 304 g/mol. The van der Waals surface area contributed by atoms with Gasteiger partial charge in [-0.05, 0) is 28.1 Å². The summed E-state index contributed by atoms with van der Waals surface area (Å²) >= 11 is 9.42. The Balaban J connectivity index is 2.22. The number of nitrogens with zero attached hydrogens (tertiary/aromatic N) is 1. The maximum absolute atomic E-state index is 12.2. The summed E-state index contributed by atoms with van der Waals surface area (Å²) in [5.74, 6) is 0.00722. The number of rotatable bonds is 1. The van der Waals surface area contributed by atoms with Crippen LogP contribution in [0.2, 0.25) is 5.02 Å². The van der Waals surface area contributed by atoms with E-state index < -0.39 is 0 Å². The summed E-state index contributed by atoms with van der Waals surface area (Å²) in [6.07, 6.45) is 0. The molecule has 0 bridgehead atoms. The first-order chi connectivity index (χ1) is 7.70. The normalized spacial score (nSPS) is 16.2. The molecular weight excluding hydrogens is 291 g/mol. The lowest BCUT2D eigenvalue weighted by atomic mass is 10.2. The van der Waals surface area contributed by atoms with Gasteiger partial charge in [0, 0.05) is 30.7 Å². The van der Waals surface area contributed by atoms with Crippen molar-refractivity contribution in [3.63, 3.8) is 0 Å². The molecule has 1 N–H and O–H groups in total. The predicted molar refractivity (Wildman–Crippen MR) is 67.9 cm³/mol. The quantitative estimate of drug-likeness (QED) is 0.862. The number of halogens is 2. The van der Waals surface area contributed by atoms with Gasteiger partial charge in [-0.3, -0.25) is 4.79 Å². The first kappa shape index (κ1) is 11.9. The number of nitrogens with one attached hydrogen (secondary N) is 1. The van der Waals surface area contributed by atoms with Crippen molar-refractivity contribution in [1.29, 1.82) is 0 Å². The van der Waals surface area contributed by atoms with Crippen molar-refractivity contribution in [3.05, 3.63) is 33.3 Å². The van der Waals surface area contributed by atoms with E-state index in [1.54, 1.807) is 6.07 Å². The lowest BCUT2D eigenvalue weighted by Crippen LogP contribution is -2.46. The van der Waals surface area contributed by atoms with Gasteiger partial charge < -0.3 is 10.2 Å². The monoisotopic (exact) mass is 302 g/mol. The van der Waals surface area contributed by atoms with Crippen molar-refractivity contribution in [3.8, 4) is 0 Å². The summed E-state index contributed by atoms with van der Waals surface area (Å²) in [6, 6.07) is 5.42. The van der Waals surface area contributed by atoms with Gasteiger partial charge in [0.25, 0.3) is 5.91 Å². The lowest BCUT2D eigenvalue weighted by molar-refractivity contribution is 0.0736. The van der Waals surface area contributed by atoms with Crippen LogP contribution in [0.1, 0.15) is 10.4 Å². The van der Waals surface area contributed by atoms with E-state index in [0.717, 1.165) is 30.7 Å². The molecule has 0 aliphatic carbocycles. The summed E-state index contributed by atoms with van der Waals surface area (Å²) in [5.41, 5.74) is 0.568.